The fourth-order valence-corrected chi connectivity index (χ4v) is 2.53. The lowest BCUT2D eigenvalue weighted by Gasteiger charge is -2.14. The maximum atomic E-state index is 12.8. The van der Waals surface area contributed by atoms with Crippen LogP contribution in [-0.4, -0.2) is 13.1 Å². The van der Waals surface area contributed by atoms with Gasteiger partial charge in [-0.25, -0.2) is 9.18 Å². The van der Waals surface area contributed by atoms with Gasteiger partial charge in [-0.3, -0.25) is 0 Å². The molecule has 0 fully saturated rings. The van der Waals surface area contributed by atoms with Crippen molar-refractivity contribution in [3.63, 3.8) is 0 Å². The fourth-order valence-electron chi connectivity index (χ4n) is 1.98. The number of urea groups is 1. The highest BCUT2D eigenvalue weighted by atomic mass is 79.9. The standard InChI is InChI=1S/C16H16BrFN2O2/c1-10-7-12(17)8-14(22-2)15(10)20-16(21)19-9-11-3-5-13(18)6-4-11/h3-8H,9H2,1-2H3,(H2,19,20,21). The van der Waals surface area contributed by atoms with Crippen LogP contribution in [0.15, 0.2) is 40.9 Å². The van der Waals surface area contributed by atoms with E-state index in [9.17, 15) is 9.18 Å². The molecule has 0 unspecified atom stereocenters. The number of rotatable bonds is 4. The summed E-state index contributed by atoms with van der Waals surface area (Å²) in [7, 11) is 1.54. The molecule has 0 aliphatic carbocycles. The summed E-state index contributed by atoms with van der Waals surface area (Å²) in [5.74, 6) is 0.271. The number of hydrogen-bond donors (Lipinski definition) is 2. The molecule has 0 radical (unpaired) electrons. The Morgan fingerprint density at radius 1 is 1.27 bits per heavy atom. The monoisotopic (exact) mass is 366 g/mol. The lowest BCUT2D eigenvalue weighted by atomic mass is 10.2. The Bertz CT molecular complexity index is 675. The van der Waals surface area contributed by atoms with Gasteiger partial charge in [-0.15, -0.1) is 0 Å². The Kier molecular flexibility index (Phi) is 5.38. The molecule has 0 heterocycles. The van der Waals surface area contributed by atoms with Crippen LogP contribution in [0.3, 0.4) is 0 Å². The smallest absolute Gasteiger partial charge is 0.319 e. The number of halogens is 2. The first kappa shape index (κ1) is 16.3. The molecule has 0 saturated carbocycles. The average molecular weight is 367 g/mol. The first-order chi connectivity index (χ1) is 10.5. The largest absolute Gasteiger partial charge is 0.495 e. The first-order valence-electron chi connectivity index (χ1n) is 6.63. The van der Waals surface area contributed by atoms with E-state index < -0.39 is 0 Å². The zero-order valence-corrected chi connectivity index (χ0v) is 13.8. The molecule has 2 N–H and O–H groups in total. The highest BCUT2D eigenvalue weighted by molar-refractivity contribution is 9.10. The third kappa shape index (κ3) is 4.21. The summed E-state index contributed by atoms with van der Waals surface area (Å²) in [6.07, 6.45) is 0. The highest BCUT2D eigenvalue weighted by Gasteiger charge is 2.11. The van der Waals surface area contributed by atoms with Crippen molar-refractivity contribution in [1.82, 2.24) is 5.32 Å². The molecule has 0 aromatic heterocycles. The molecule has 116 valence electrons. The van der Waals surface area contributed by atoms with Gasteiger partial charge in [0.25, 0.3) is 0 Å². The summed E-state index contributed by atoms with van der Waals surface area (Å²) in [5, 5.41) is 5.49. The van der Waals surface area contributed by atoms with E-state index in [1.54, 1.807) is 25.3 Å². The predicted molar refractivity (Wildman–Crippen MR) is 87.7 cm³/mol. The van der Waals surface area contributed by atoms with Crippen molar-refractivity contribution in [2.45, 2.75) is 13.5 Å². The molecule has 22 heavy (non-hydrogen) atoms. The number of carbonyl (C=O) groups excluding carboxylic acids is 1. The second kappa shape index (κ2) is 7.26. The molecular formula is C16H16BrFN2O2. The molecule has 0 atom stereocenters. The van der Waals surface area contributed by atoms with E-state index in [-0.39, 0.29) is 11.8 Å². The second-order valence-electron chi connectivity index (χ2n) is 4.73. The van der Waals surface area contributed by atoms with Gasteiger partial charge >= 0.3 is 6.03 Å². The molecule has 0 aliphatic heterocycles. The van der Waals surface area contributed by atoms with Crippen LogP contribution in [0.4, 0.5) is 14.9 Å². The minimum atomic E-state index is -0.354. The molecule has 4 nitrogen and oxygen atoms in total. The Hall–Kier alpha value is -2.08. The van der Waals surface area contributed by atoms with Crippen LogP contribution in [0, 0.1) is 12.7 Å². The normalized spacial score (nSPS) is 10.2. The van der Waals surface area contributed by atoms with Crippen LogP contribution in [0.2, 0.25) is 0 Å². The van der Waals surface area contributed by atoms with Crippen molar-refractivity contribution in [1.29, 1.82) is 0 Å². The van der Waals surface area contributed by atoms with E-state index in [4.69, 9.17) is 4.74 Å². The lowest BCUT2D eigenvalue weighted by molar-refractivity contribution is 0.251. The number of carbonyl (C=O) groups is 1. The Balaban J connectivity index is 2.01. The lowest BCUT2D eigenvalue weighted by Crippen LogP contribution is -2.28. The number of nitrogens with one attached hydrogen (secondary N) is 2. The number of ether oxygens (including phenoxy) is 1. The van der Waals surface area contributed by atoms with Gasteiger partial charge in [0.05, 0.1) is 12.8 Å². The van der Waals surface area contributed by atoms with Gasteiger partial charge in [0.2, 0.25) is 0 Å². The molecule has 2 amide bonds. The van der Waals surface area contributed by atoms with E-state index in [2.05, 4.69) is 26.6 Å². The zero-order chi connectivity index (χ0) is 16.1. The van der Waals surface area contributed by atoms with Crippen molar-refractivity contribution in [3.05, 3.63) is 57.8 Å². The Morgan fingerprint density at radius 2 is 1.95 bits per heavy atom. The number of methoxy groups -OCH3 is 1. The molecule has 0 saturated heterocycles. The predicted octanol–water partition coefficient (Wildman–Crippen LogP) is 4.23. The molecule has 2 rings (SSSR count). The van der Waals surface area contributed by atoms with E-state index in [0.29, 0.717) is 18.0 Å². The maximum absolute atomic E-state index is 12.8. The topological polar surface area (TPSA) is 50.4 Å². The molecule has 2 aromatic rings. The van der Waals surface area contributed by atoms with Crippen LogP contribution in [0.1, 0.15) is 11.1 Å². The SMILES string of the molecule is COc1cc(Br)cc(C)c1NC(=O)NCc1ccc(F)cc1. The van der Waals surface area contributed by atoms with Gasteiger partial charge in [0, 0.05) is 11.0 Å². The summed E-state index contributed by atoms with van der Waals surface area (Å²) < 4.78 is 19.0. The minimum absolute atomic E-state index is 0.302. The van der Waals surface area contributed by atoms with Crippen molar-refractivity contribution < 1.29 is 13.9 Å². The molecule has 0 spiro atoms. The Labute approximate surface area is 136 Å². The quantitative estimate of drug-likeness (QED) is 0.850. The molecule has 0 aliphatic rings. The summed E-state index contributed by atoms with van der Waals surface area (Å²) in [4.78, 5) is 12.0. The number of amides is 2. The molecular weight excluding hydrogens is 351 g/mol. The average Bonchev–Trinajstić information content (AvgIpc) is 2.49. The maximum Gasteiger partial charge on any atom is 0.319 e. The van der Waals surface area contributed by atoms with Crippen LogP contribution in [0.5, 0.6) is 5.75 Å². The number of benzene rings is 2. The second-order valence-corrected chi connectivity index (χ2v) is 5.65. The number of aryl methyl sites for hydroxylation is 1. The van der Waals surface area contributed by atoms with Gasteiger partial charge in [0.15, 0.2) is 0 Å². The number of anilines is 1. The van der Waals surface area contributed by atoms with Crippen LogP contribution >= 0.6 is 15.9 Å². The van der Waals surface area contributed by atoms with Crippen LogP contribution < -0.4 is 15.4 Å². The van der Waals surface area contributed by atoms with Crippen molar-refractivity contribution in [3.8, 4) is 5.75 Å². The fraction of sp³-hybridized carbons (Fsp3) is 0.188. The number of hydrogen-bond acceptors (Lipinski definition) is 2. The van der Waals surface area contributed by atoms with E-state index in [0.717, 1.165) is 15.6 Å². The summed E-state index contributed by atoms with van der Waals surface area (Å²) in [5.41, 5.74) is 2.31. The zero-order valence-electron chi connectivity index (χ0n) is 12.2. The Morgan fingerprint density at radius 3 is 2.59 bits per heavy atom. The van der Waals surface area contributed by atoms with Gasteiger partial charge in [0.1, 0.15) is 11.6 Å². The molecule has 0 bridgehead atoms. The highest BCUT2D eigenvalue weighted by Crippen LogP contribution is 2.31. The van der Waals surface area contributed by atoms with Gasteiger partial charge in [-0.05, 0) is 42.3 Å². The molecule has 2 aromatic carbocycles. The summed E-state index contributed by atoms with van der Waals surface area (Å²) in [6, 6.07) is 9.28. The van der Waals surface area contributed by atoms with E-state index >= 15 is 0 Å². The third-order valence-electron chi connectivity index (χ3n) is 3.09. The first-order valence-corrected chi connectivity index (χ1v) is 7.42. The van der Waals surface area contributed by atoms with Gasteiger partial charge in [-0.2, -0.15) is 0 Å². The van der Waals surface area contributed by atoms with Crippen LogP contribution in [0.25, 0.3) is 0 Å². The van der Waals surface area contributed by atoms with Gasteiger partial charge < -0.3 is 15.4 Å². The third-order valence-corrected chi connectivity index (χ3v) is 3.55. The van der Waals surface area contributed by atoms with Crippen molar-refractivity contribution in [2.75, 3.05) is 12.4 Å². The minimum Gasteiger partial charge on any atom is -0.495 e. The van der Waals surface area contributed by atoms with E-state index in [1.165, 1.54) is 12.1 Å². The van der Waals surface area contributed by atoms with Gasteiger partial charge in [-0.1, -0.05) is 28.1 Å². The molecule has 6 heteroatoms. The van der Waals surface area contributed by atoms with E-state index in [1.807, 2.05) is 13.0 Å². The van der Waals surface area contributed by atoms with Crippen LogP contribution in [-0.2, 0) is 6.54 Å². The summed E-state index contributed by atoms with van der Waals surface area (Å²) in [6.45, 7) is 2.19. The van der Waals surface area contributed by atoms with Crippen molar-refractivity contribution >= 4 is 27.6 Å². The summed E-state index contributed by atoms with van der Waals surface area (Å²) >= 11 is 3.38. The van der Waals surface area contributed by atoms with Crippen molar-refractivity contribution in [2.24, 2.45) is 0 Å².